The van der Waals surface area contributed by atoms with Gasteiger partial charge in [0.15, 0.2) is 0 Å². The summed E-state index contributed by atoms with van der Waals surface area (Å²) in [6, 6.07) is 6.59. The maximum Gasteiger partial charge on any atom is 0.223 e. The highest BCUT2D eigenvalue weighted by Gasteiger charge is 2.42. The van der Waals surface area contributed by atoms with Crippen molar-refractivity contribution in [2.45, 2.75) is 38.6 Å². The molecule has 0 saturated heterocycles. The number of carbonyl (C=O) groups excluding carboxylic acids is 1. The van der Waals surface area contributed by atoms with Crippen LogP contribution in [0.25, 0.3) is 0 Å². The molecule has 1 aliphatic rings. The molecule has 21 heavy (non-hydrogen) atoms. The molecular formula is C16H24ClFN2O. The van der Waals surface area contributed by atoms with Crippen LogP contribution in [0.5, 0.6) is 0 Å². The topological polar surface area (TPSA) is 55.1 Å². The largest absolute Gasteiger partial charge is 0.349 e. The number of nitrogens with one attached hydrogen (secondary N) is 1. The molecule has 2 unspecified atom stereocenters. The average molecular weight is 315 g/mol. The van der Waals surface area contributed by atoms with Crippen LogP contribution >= 0.6 is 12.4 Å². The maximum atomic E-state index is 13.6. The fourth-order valence-electron chi connectivity index (χ4n) is 2.53. The number of hydrogen-bond donors (Lipinski definition) is 2. The summed E-state index contributed by atoms with van der Waals surface area (Å²) in [6.07, 6.45) is 2.65. The van der Waals surface area contributed by atoms with Gasteiger partial charge in [0, 0.05) is 12.5 Å². The van der Waals surface area contributed by atoms with Crippen molar-refractivity contribution in [3.63, 3.8) is 0 Å². The molecule has 5 heteroatoms. The number of rotatable bonds is 6. The van der Waals surface area contributed by atoms with E-state index in [-0.39, 0.29) is 35.6 Å². The lowest BCUT2D eigenvalue weighted by Gasteiger charge is -2.31. The van der Waals surface area contributed by atoms with Gasteiger partial charge in [-0.3, -0.25) is 4.79 Å². The second-order valence-corrected chi connectivity index (χ2v) is 6.08. The first-order valence-electron chi connectivity index (χ1n) is 7.22. The molecule has 118 valence electrons. The number of nitrogens with two attached hydrogens (primary N) is 1. The molecule has 1 aliphatic carbocycles. The van der Waals surface area contributed by atoms with Gasteiger partial charge in [0.2, 0.25) is 5.91 Å². The van der Waals surface area contributed by atoms with Crippen LogP contribution in [0.1, 0.15) is 32.3 Å². The van der Waals surface area contributed by atoms with Crippen LogP contribution in [0.4, 0.5) is 4.39 Å². The fourth-order valence-corrected chi connectivity index (χ4v) is 2.53. The van der Waals surface area contributed by atoms with Gasteiger partial charge in [-0.2, -0.15) is 0 Å². The molecule has 2 rings (SSSR count). The Morgan fingerprint density at radius 1 is 1.48 bits per heavy atom. The van der Waals surface area contributed by atoms with Gasteiger partial charge < -0.3 is 11.1 Å². The first-order chi connectivity index (χ1) is 9.46. The van der Waals surface area contributed by atoms with Gasteiger partial charge in [0.05, 0.1) is 5.54 Å². The van der Waals surface area contributed by atoms with E-state index in [0.717, 1.165) is 12.8 Å². The normalized spacial score (nSPS) is 18.3. The van der Waals surface area contributed by atoms with Crippen LogP contribution < -0.4 is 11.1 Å². The summed E-state index contributed by atoms with van der Waals surface area (Å²) >= 11 is 0. The molecule has 3 nitrogen and oxygen atoms in total. The SMILES string of the molecule is CC(Cc1ccccc1F)C(=O)NC(C)(CN)C1CC1.Cl. The van der Waals surface area contributed by atoms with Crippen LogP contribution in [0.15, 0.2) is 24.3 Å². The Balaban J connectivity index is 0.00000220. The van der Waals surface area contributed by atoms with E-state index in [4.69, 9.17) is 5.73 Å². The van der Waals surface area contributed by atoms with Gasteiger partial charge in [-0.05, 0) is 43.7 Å². The van der Waals surface area contributed by atoms with Gasteiger partial charge in [-0.15, -0.1) is 12.4 Å². The van der Waals surface area contributed by atoms with E-state index < -0.39 is 0 Å². The second kappa shape index (κ2) is 7.23. The van der Waals surface area contributed by atoms with Crippen molar-refractivity contribution in [2.75, 3.05) is 6.54 Å². The lowest BCUT2D eigenvalue weighted by molar-refractivity contribution is -0.126. The Bertz CT molecular complexity index is 493. The predicted octanol–water partition coefficient (Wildman–Crippen LogP) is 2.67. The molecule has 2 atom stereocenters. The molecular weight excluding hydrogens is 291 g/mol. The van der Waals surface area contributed by atoms with Crippen LogP contribution in [-0.2, 0) is 11.2 Å². The van der Waals surface area contributed by atoms with Crippen LogP contribution in [0.2, 0.25) is 0 Å². The molecule has 0 aromatic heterocycles. The summed E-state index contributed by atoms with van der Waals surface area (Å²) in [7, 11) is 0. The first-order valence-corrected chi connectivity index (χ1v) is 7.22. The van der Waals surface area contributed by atoms with Gasteiger partial charge >= 0.3 is 0 Å². The number of amides is 1. The number of hydrogen-bond acceptors (Lipinski definition) is 2. The molecule has 0 aliphatic heterocycles. The Kier molecular flexibility index (Phi) is 6.17. The molecule has 0 radical (unpaired) electrons. The Hall–Kier alpha value is -1.13. The Morgan fingerprint density at radius 2 is 2.10 bits per heavy atom. The Labute approximate surface area is 131 Å². The van der Waals surface area contributed by atoms with Crippen molar-refractivity contribution in [3.05, 3.63) is 35.6 Å². The van der Waals surface area contributed by atoms with E-state index in [9.17, 15) is 9.18 Å². The summed E-state index contributed by atoms with van der Waals surface area (Å²) in [5.41, 5.74) is 6.06. The number of halogens is 2. The van der Waals surface area contributed by atoms with Crippen molar-refractivity contribution in [1.29, 1.82) is 0 Å². The third-order valence-electron chi connectivity index (χ3n) is 4.24. The van der Waals surface area contributed by atoms with Crippen molar-refractivity contribution in [2.24, 2.45) is 17.6 Å². The zero-order valence-corrected chi connectivity index (χ0v) is 13.4. The number of benzene rings is 1. The quantitative estimate of drug-likeness (QED) is 0.848. The van der Waals surface area contributed by atoms with E-state index in [1.165, 1.54) is 6.07 Å². The van der Waals surface area contributed by atoms with Gasteiger partial charge in [0.1, 0.15) is 5.82 Å². The van der Waals surface area contributed by atoms with Gasteiger partial charge in [-0.25, -0.2) is 4.39 Å². The second-order valence-electron chi connectivity index (χ2n) is 6.08. The summed E-state index contributed by atoms with van der Waals surface area (Å²) in [6.45, 7) is 4.26. The molecule has 1 aromatic rings. The summed E-state index contributed by atoms with van der Waals surface area (Å²) < 4.78 is 13.6. The minimum atomic E-state index is -0.319. The summed E-state index contributed by atoms with van der Waals surface area (Å²) in [5, 5.41) is 3.06. The predicted molar refractivity (Wildman–Crippen MR) is 84.8 cm³/mol. The zero-order chi connectivity index (χ0) is 14.8. The minimum absolute atomic E-state index is 0. The highest BCUT2D eigenvalue weighted by Crippen LogP contribution is 2.39. The first kappa shape index (κ1) is 17.9. The molecule has 0 spiro atoms. The highest BCUT2D eigenvalue weighted by molar-refractivity contribution is 5.85. The molecule has 1 aromatic carbocycles. The van der Waals surface area contributed by atoms with Crippen LogP contribution in [-0.4, -0.2) is 18.0 Å². The van der Waals surface area contributed by atoms with Gasteiger partial charge in [-0.1, -0.05) is 25.1 Å². The highest BCUT2D eigenvalue weighted by atomic mass is 35.5. The van der Waals surface area contributed by atoms with Crippen LogP contribution in [0, 0.1) is 17.7 Å². The lowest BCUT2D eigenvalue weighted by Crippen LogP contribution is -2.54. The van der Waals surface area contributed by atoms with Crippen molar-refractivity contribution >= 4 is 18.3 Å². The van der Waals surface area contributed by atoms with E-state index >= 15 is 0 Å². The third-order valence-corrected chi connectivity index (χ3v) is 4.24. The van der Waals surface area contributed by atoms with Gasteiger partial charge in [0.25, 0.3) is 0 Å². The lowest BCUT2D eigenvalue weighted by atomic mass is 9.93. The van der Waals surface area contributed by atoms with E-state index in [0.29, 0.717) is 24.4 Å². The smallest absolute Gasteiger partial charge is 0.223 e. The summed E-state index contributed by atoms with van der Waals surface area (Å²) in [5.74, 6) is -0.0855. The van der Waals surface area contributed by atoms with E-state index in [2.05, 4.69) is 5.32 Å². The molecule has 1 amide bonds. The maximum absolute atomic E-state index is 13.6. The van der Waals surface area contributed by atoms with E-state index in [1.54, 1.807) is 18.2 Å². The zero-order valence-electron chi connectivity index (χ0n) is 12.6. The monoisotopic (exact) mass is 314 g/mol. The third kappa shape index (κ3) is 4.42. The van der Waals surface area contributed by atoms with Crippen molar-refractivity contribution < 1.29 is 9.18 Å². The van der Waals surface area contributed by atoms with Crippen molar-refractivity contribution in [3.8, 4) is 0 Å². The number of carbonyl (C=O) groups is 1. The van der Waals surface area contributed by atoms with Crippen LogP contribution in [0.3, 0.4) is 0 Å². The molecule has 3 N–H and O–H groups in total. The molecule has 1 saturated carbocycles. The fraction of sp³-hybridized carbons (Fsp3) is 0.562. The van der Waals surface area contributed by atoms with E-state index in [1.807, 2.05) is 13.8 Å². The molecule has 0 bridgehead atoms. The average Bonchev–Trinajstić information content (AvgIpc) is 3.26. The molecule has 1 fully saturated rings. The van der Waals surface area contributed by atoms with Crippen molar-refractivity contribution in [1.82, 2.24) is 5.32 Å². The summed E-state index contributed by atoms with van der Waals surface area (Å²) in [4.78, 5) is 12.3. The standard InChI is InChI=1S/C16H23FN2O.ClH/c1-11(9-12-5-3-4-6-14(12)17)15(20)19-16(2,10-18)13-7-8-13;/h3-6,11,13H,7-10,18H2,1-2H3,(H,19,20);1H. The molecule has 0 heterocycles. The minimum Gasteiger partial charge on any atom is -0.349 e. The Morgan fingerprint density at radius 3 is 2.62 bits per heavy atom.